The van der Waals surface area contributed by atoms with E-state index in [2.05, 4.69) is 5.32 Å². The van der Waals surface area contributed by atoms with Crippen LogP contribution in [0.25, 0.3) is 22.2 Å². The summed E-state index contributed by atoms with van der Waals surface area (Å²) in [5, 5.41) is 3.43. The van der Waals surface area contributed by atoms with Crippen molar-refractivity contribution in [3.63, 3.8) is 0 Å². The van der Waals surface area contributed by atoms with Gasteiger partial charge < -0.3 is 19.5 Å². The highest BCUT2D eigenvalue weighted by Gasteiger charge is 2.18. The van der Waals surface area contributed by atoms with Gasteiger partial charge in [0.25, 0.3) is 5.91 Å². The van der Waals surface area contributed by atoms with Crippen LogP contribution in [0.3, 0.4) is 0 Å². The van der Waals surface area contributed by atoms with Gasteiger partial charge in [-0.25, -0.2) is 14.6 Å². The number of fused-ring (bicyclic) bond motifs is 1. The number of nitrogens with zero attached hydrogens (tertiary/aromatic N) is 1. The first kappa shape index (κ1) is 23.4. The molecule has 0 radical (unpaired) electrons. The third-order valence-corrected chi connectivity index (χ3v) is 5.36. The van der Waals surface area contributed by atoms with Crippen LogP contribution in [0.2, 0.25) is 0 Å². The van der Waals surface area contributed by atoms with E-state index in [1.807, 2.05) is 42.5 Å². The van der Waals surface area contributed by atoms with Crippen molar-refractivity contribution < 1.29 is 28.6 Å². The van der Waals surface area contributed by atoms with Crippen LogP contribution < -0.4 is 10.1 Å². The van der Waals surface area contributed by atoms with Crippen molar-refractivity contribution in [2.75, 3.05) is 26.6 Å². The van der Waals surface area contributed by atoms with E-state index in [-0.39, 0.29) is 16.8 Å². The molecule has 0 saturated heterocycles. The van der Waals surface area contributed by atoms with E-state index >= 15 is 0 Å². The van der Waals surface area contributed by atoms with E-state index in [9.17, 15) is 14.4 Å². The minimum Gasteiger partial charge on any atom is -0.497 e. The molecular formula is C27H22N2O6. The first-order chi connectivity index (χ1) is 16.9. The SMILES string of the molecule is COC(=O)c1cc(NC(=O)c2cc(-c3cccc(OC)c3)nc3ccccc23)cc(C(=O)OC)c1. The summed E-state index contributed by atoms with van der Waals surface area (Å²) < 4.78 is 14.9. The van der Waals surface area contributed by atoms with Crippen LogP contribution in [-0.4, -0.2) is 44.2 Å². The van der Waals surface area contributed by atoms with Crippen molar-refractivity contribution in [2.24, 2.45) is 0 Å². The largest absolute Gasteiger partial charge is 0.497 e. The van der Waals surface area contributed by atoms with Crippen LogP contribution >= 0.6 is 0 Å². The van der Waals surface area contributed by atoms with Crippen molar-refractivity contribution in [1.29, 1.82) is 0 Å². The van der Waals surface area contributed by atoms with Gasteiger partial charge >= 0.3 is 11.9 Å². The molecule has 35 heavy (non-hydrogen) atoms. The number of anilines is 1. The quantitative estimate of drug-likeness (QED) is 0.406. The number of amides is 1. The monoisotopic (exact) mass is 470 g/mol. The number of methoxy groups -OCH3 is 3. The number of aromatic nitrogens is 1. The molecule has 8 heteroatoms. The molecule has 1 aromatic heterocycles. The minimum absolute atomic E-state index is 0.0994. The molecule has 176 valence electrons. The first-order valence-corrected chi connectivity index (χ1v) is 10.6. The third kappa shape index (κ3) is 4.96. The van der Waals surface area contributed by atoms with Gasteiger partial charge in [-0.05, 0) is 42.5 Å². The van der Waals surface area contributed by atoms with Crippen LogP contribution in [-0.2, 0) is 9.47 Å². The number of rotatable bonds is 6. The first-order valence-electron chi connectivity index (χ1n) is 10.6. The Morgan fingerprint density at radius 2 is 1.46 bits per heavy atom. The number of pyridine rings is 1. The smallest absolute Gasteiger partial charge is 0.337 e. The average Bonchev–Trinajstić information content (AvgIpc) is 2.91. The fourth-order valence-electron chi connectivity index (χ4n) is 3.66. The van der Waals surface area contributed by atoms with Crippen LogP contribution in [0.15, 0.2) is 72.8 Å². The number of carbonyl (C=O) groups is 3. The molecule has 4 rings (SSSR count). The van der Waals surface area contributed by atoms with Crippen LogP contribution in [0.1, 0.15) is 31.1 Å². The van der Waals surface area contributed by atoms with Crippen LogP contribution in [0, 0.1) is 0 Å². The molecule has 0 atom stereocenters. The van der Waals surface area contributed by atoms with Crippen molar-refractivity contribution in [3.05, 3.63) is 89.5 Å². The van der Waals surface area contributed by atoms with Crippen molar-refractivity contribution in [3.8, 4) is 17.0 Å². The fourth-order valence-corrected chi connectivity index (χ4v) is 3.66. The van der Waals surface area contributed by atoms with Crippen molar-refractivity contribution in [2.45, 2.75) is 0 Å². The Hall–Kier alpha value is -4.72. The number of hydrogen-bond donors (Lipinski definition) is 1. The summed E-state index contributed by atoms with van der Waals surface area (Å²) in [6, 6.07) is 20.6. The Labute approximate surface area is 201 Å². The number of ether oxygens (including phenoxy) is 3. The van der Waals surface area contributed by atoms with Crippen LogP contribution in [0.4, 0.5) is 5.69 Å². The van der Waals surface area contributed by atoms with Crippen LogP contribution in [0.5, 0.6) is 5.75 Å². The molecule has 8 nitrogen and oxygen atoms in total. The number of hydrogen-bond acceptors (Lipinski definition) is 7. The third-order valence-electron chi connectivity index (χ3n) is 5.36. The highest BCUT2D eigenvalue weighted by Crippen LogP contribution is 2.28. The molecule has 1 N–H and O–H groups in total. The lowest BCUT2D eigenvalue weighted by Crippen LogP contribution is -2.15. The molecular weight excluding hydrogens is 448 g/mol. The second-order valence-corrected chi connectivity index (χ2v) is 7.54. The van der Waals surface area contributed by atoms with Gasteiger partial charge in [-0.2, -0.15) is 0 Å². The number of esters is 2. The maximum atomic E-state index is 13.4. The minimum atomic E-state index is -0.652. The summed E-state index contributed by atoms with van der Waals surface area (Å²) in [6.45, 7) is 0. The van der Waals surface area contributed by atoms with Gasteiger partial charge in [-0.3, -0.25) is 4.79 Å². The predicted molar refractivity (Wildman–Crippen MR) is 131 cm³/mol. The average molecular weight is 470 g/mol. The summed E-state index contributed by atoms with van der Waals surface area (Å²) in [5.74, 6) is -1.08. The second kappa shape index (κ2) is 10.0. The van der Waals surface area contributed by atoms with E-state index in [1.54, 1.807) is 19.2 Å². The maximum Gasteiger partial charge on any atom is 0.337 e. The number of benzene rings is 3. The Morgan fingerprint density at radius 1 is 0.771 bits per heavy atom. The maximum absolute atomic E-state index is 13.4. The van der Waals surface area contributed by atoms with Gasteiger partial charge in [0.2, 0.25) is 0 Å². The molecule has 4 aromatic rings. The zero-order valence-electron chi connectivity index (χ0n) is 19.3. The molecule has 0 unspecified atom stereocenters. The summed E-state index contributed by atoms with van der Waals surface area (Å²) in [4.78, 5) is 42.4. The Morgan fingerprint density at radius 3 is 2.11 bits per heavy atom. The standard InChI is InChI=1S/C27H22N2O6/c1-33-20-8-6-7-16(14-20)24-15-22(21-9-4-5-10-23(21)29-24)25(30)28-19-12-17(26(31)34-2)11-18(13-19)27(32)35-3/h4-15H,1-3H3,(H,28,30). The highest BCUT2D eigenvalue weighted by atomic mass is 16.5. The predicted octanol–water partition coefficient (Wildman–Crippen LogP) is 4.74. The molecule has 0 fully saturated rings. The van der Waals surface area contributed by atoms with Gasteiger partial charge in [0.05, 0.1) is 49.2 Å². The topological polar surface area (TPSA) is 104 Å². The van der Waals surface area contributed by atoms with Gasteiger partial charge in [-0.1, -0.05) is 30.3 Å². The lowest BCUT2D eigenvalue weighted by molar-refractivity contribution is 0.0599. The van der Waals surface area contributed by atoms with Gasteiger partial charge in [0.15, 0.2) is 0 Å². The molecule has 1 heterocycles. The summed E-state index contributed by atoms with van der Waals surface area (Å²) in [6.07, 6.45) is 0. The Balaban J connectivity index is 1.79. The molecule has 0 spiro atoms. The summed E-state index contributed by atoms with van der Waals surface area (Å²) in [7, 11) is 4.04. The second-order valence-electron chi connectivity index (χ2n) is 7.54. The van der Waals surface area contributed by atoms with E-state index in [4.69, 9.17) is 19.2 Å². The molecule has 0 saturated carbocycles. The Bertz CT molecular complexity index is 1410. The molecule has 0 aliphatic rings. The van der Waals surface area contributed by atoms with Gasteiger partial charge in [-0.15, -0.1) is 0 Å². The van der Waals surface area contributed by atoms with Gasteiger partial charge in [0.1, 0.15) is 5.75 Å². The molecule has 3 aromatic carbocycles. The molecule has 1 amide bonds. The Kier molecular flexibility index (Phi) is 6.73. The molecule has 0 bridgehead atoms. The summed E-state index contributed by atoms with van der Waals surface area (Å²) in [5.41, 5.74) is 2.82. The lowest BCUT2D eigenvalue weighted by Gasteiger charge is -2.13. The van der Waals surface area contributed by atoms with Crippen molar-refractivity contribution in [1.82, 2.24) is 4.98 Å². The van der Waals surface area contributed by atoms with Crippen molar-refractivity contribution >= 4 is 34.4 Å². The zero-order valence-corrected chi connectivity index (χ0v) is 19.3. The van der Waals surface area contributed by atoms with E-state index in [1.165, 1.54) is 32.4 Å². The summed E-state index contributed by atoms with van der Waals surface area (Å²) >= 11 is 0. The van der Waals surface area contributed by atoms with Gasteiger partial charge in [0, 0.05) is 16.6 Å². The fraction of sp³-hybridized carbons (Fsp3) is 0.111. The normalized spacial score (nSPS) is 10.5. The molecule has 0 aliphatic heterocycles. The number of para-hydroxylation sites is 1. The molecule has 0 aliphatic carbocycles. The lowest BCUT2D eigenvalue weighted by atomic mass is 10.0. The number of carbonyl (C=O) groups excluding carboxylic acids is 3. The van der Waals surface area contributed by atoms with E-state index < -0.39 is 17.8 Å². The number of nitrogens with one attached hydrogen (secondary N) is 1. The highest BCUT2D eigenvalue weighted by molar-refractivity contribution is 6.13. The van der Waals surface area contributed by atoms with E-state index in [0.717, 1.165) is 5.56 Å². The van der Waals surface area contributed by atoms with E-state index in [0.29, 0.717) is 27.9 Å². The zero-order chi connectivity index (χ0) is 24.9.